The van der Waals surface area contributed by atoms with Crippen LogP contribution >= 0.6 is 0 Å². The molecule has 0 bridgehead atoms. The van der Waals surface area contributed by atoms with Gasteiger partial charge in [0.2, 0.25) is 5.91 Å². The maximum Gasteiger partial charge on any atom is 0.408 e. The summed E-state index contributed by atoms with van der Waals surface area (Å²) in [5.41, 5.74) is 1.04. The second-order valence-electron chi connectivity index (χ2n) is 10.2. The van der Waals surface area contributed by atoms with Crippen LogP contribution in [0.2, 0.25) is 0 Å². The summed E-state index contributed by atoms with van der Waals surface area (Å²) in [5.74, 6) is -2.02. The van der Waals surface area contributed by atoms with E-state index in [1.807, 2.05) is 60.7 Å². The van der Waals surface area contributed by atoms with Crippen molar-refractivity contribution in [3.05, 3.63) is 83.9 Å². The van der Waals surface area contributed by atoms with Crippen molar-refractivity contribution in [1.29, 1.82) is 0 Å². The molecule has 0 saturated carbocycles. The third-order valence-electron chi connectivity index (χ3n) is 5.46. The van der Waals surface area contributed by atoms with E-state index in [4.69, 9.17) is 14.6 Å². The summed E-state index contributed by atoms with van der Waals surface area (Å²) in [4.78, 5) is 48.8. The minimum absolute atomic E-state index is 0.00231. The Morgan fingerprint density at radius 3 is 2.15 bits per heavy atom. The van der Waals surface area contributed by atoms with E-state index in [0.29, 0.717) is 19.4 Å². The minimum atomic E-state index is -1.14. The van der Waals surface area contributed by atoms with Crippen LogP contribution < -0.4 is 16.0 Å². The number of carboxylic acid groups (broad SMARTS) is 1. The fourth-order valence-electron chi connectivity index (χ4n) is 3.65. The number of carboxylic acids is 1. The molecule has 216 valence electrons. The van der Waals surface area contributed by atoms with Crippen LogP contribution in [-0.2, 0) is 36.9 Å². The van der Waals surface area contributed by atoms with Gasteiger partial charge >= 0.3 is 18.0 Å². The van der Waals surface area contributed by atoms with Gasteiger partial charge in [0.15, 0.2) is 0 Å². The third-order valence-corrected chi connectivity index (χ3v) is 5.46. The Morgan fingerprint density at radius 2 is 1.55 bits per heavy atom. The van der Waals surface area contributed by atoms with Gasteiger partial charge in [0.05, 0.1) is 12.6 Å². The van der Waals surface area contributed by atoms with Crippen LogP contribution in [0.1, 0.15) is 44.7 Å². The van der Waals surface area contributed by atoms with Crippen molar-refractivity contribution >= 4 is 23.9 Å². The van der Waals surface area contributed by atoms with E-state index in [2.05, 4.69) is 16.0 Å². The van der Waals surface area contributed by atoms with Gasteiger partial charge in [-0.3, -0.25) is 9.59 Å². The van der Waals surface area contributed by atoms with Gasteiger partial charge in [-0.05, 0) is 57.7 Å². The fraction of sp³-hybridized carbons (Fsp3) is 0.400. The molecule has 4 N–H and O–H groups in total. The molecule has 0 radical (unpaired) electrons. The molecule has 0 saturated heterocycles. The molecule has 2 rings (SSSR count). The Morgan fingerprint density at radius 1 is 0.925 bits per heavy atom. The SMILES string of the molecule is CC(C)(C)OC(=O)NC(CCCNCC(=O)OCc1ccccc1)C(=O)NC(C=CC(=O)O)Cc1ccccc1. The Labute approximate surface area is 235 Å². The lowest BCUT2D eigenvalue weighted by Gasteiger charge is -2.25. The van der Waals surface area contributed by atoms with Crippen molar-refractivity contribution in [2.45, 2.75) is 64.3 Å². The Bertz CT molecular complexity index is 1120. The first kappa shape index (κ1) is 32.0. The highest BCUT2D eigenvalue weighted by atomic mass is 16.6. The van der Waals surface area contributed by atoms with Gasteiger partial charge in [0, 0.05) is 6.08 Å². The summed E-state index contributed by atoms with van der Waals surface area (Å²) in [6.45, 7) is 5.73. The normalized spacial score (nSPS) is 12.8. The van der Waals surface area contributed by atoms with Crippen LogP contribution in [0.15, 0.2) is 72.8 Å². The van der Waals surface area contributed by atoms with Crippen LogP contribution in [0.25, 0.3) is 0 Å². The molecule has 0 aliphatic rings. The van der Waals surface area contributed by atoms with E-state index in [1.54, 1.807) is 20.8 Å². The topological polar surface area (TPSA) is 143 Å². The number of ether oxygens (including phenoxy) is 2. The molecule has 2 aromatic rings. The van der Waals surface area contributed by atoms with Crippen LogP contribution in [0.3, 0.4) is 0 Å². The summed E-state index contributed by atoms with van der Waals surface area (Å²) in [5, 5.41) is 17.5. The van der Waals surface area contributed by atoms with Crippen molar-refractivity contribution in [2.24, 2.45) is 0 Å². The highest BCUT2D eigenvalue weighted by Crippen LogP contribution is 2.09. The van der Waals surface area contributed by atoms with Crippen molar-refractivity contribution in [3.8, 4) is 0 Å². The number of aliphatic carboxylic acids is 1. The standard InChI is InChI=1S/C30H39N3O7/c1-30(2,3)40-29(38)33-25(15-10-18-31-20-27(36)39-21-23-13-8-5-9-14-23)28(37)32-24(16-17-26(34)35)19-22-11-6-4-7-12-22/h4-9,11-14,16-17,24-25,31H,10,15,18-21H2,1-3H3,(H,32,37)(H,33,38)(H,34,35). The van der Waals surface area contributed by atoms with E-state index in [9.17, 15) is 19.2 Å². The van der Waals surface area contributed by atoms with Crippen molar-refractivity contribution in [3.63, 3.8) is 0 Å². The van der Waals surface area contributed by atoms with Crippen LogP contribution in [0.5, 0.6) is 0 Å². The molecule has 2 unspecified atom stereocenters. The molecule has 40 heavy (non-hydrogen) atoms. The van der Waals surface area contributed by atoms with E-state index in [1.165, 1.54) is 6.08 Å². The third kappa shape index (κ3) is 14.1. The molecule has 0 spiro atoms. The Balaban J connectivity index is 1.94. The maximum atomic E-state index is 13.2. The van der Waals surface area contributed by atoms with Crippen LogP contribution in [-0.4, -0.2) is 59.8 Å². The smallest absolute Gasteiger partial charge is 0.408 e. The summed E-state index contributed by atoms with van der Waals surface area (Å²) < 4.78 is 10.6. The number of rotatable bonds is 15. The predicted molar refractivity (Wildman–Crippen MR) is 150 cm³/mol. The quantitative estimate of drug-likeness (QED) is 0.149. The van der Waals surface area contributed by atoms with Crippen molar-refractivity contribution in [1.82, 2.24) is 16.0 Å². The summed E-state index contributed by atoms with van der Waals surface area (Å²) >= 11 is 0. The fourth-order valence-corrected chi connectivity index (χ4v) is 3.65. The van der Waals surface area contributed by atoms with Crippen molar-refractivity contribution < 1.29 is 33.8 Å². The molecular formula is C30H39N3O7. The highest BCUT2D eigenvalue weighted by molar-refractivity contribution is 5.86. The highest BCUT2D eigenvalue weighted by Gasteiger charge is 2.25. The van der Waals surface area contributed by atoms with E-state index in [0.717, 1.165) is 17.2 Å². The first-order valence-electron chi connectivity index (χ1n) is 13.2. The molecule has 0 aliphatic heterocycles. The van der Waals surface area contributed by atoms with Gasteiger partial charge in [-0.2, -0.15) is 0 Å². The average molecular weight is 554 g/mol. The summed E-state index contributed by atoms with van der Waals surface area (Å²) in [6, 6.07) is 17.1. The van der Waals surface area contributed by atoms with Crippen molar-refractivity contribution in [2.75, 3.05) is 13.1 Å². The first-order valence-corrected chi connectivity index (χ1v) is 13.2. The molecule has 0 aliphatic carbocycles. The van der Waals surface area contributed by atoms with Crippen LogP contribution in [0.4, 0.5) is 4.79 Å². The molecule has 2 aromatic carbocycles. The average Bonchev–Trinajstić information content (AvgIpc) is 2.89. The van der Waals surface area contributed by atoms with E-state index in [-0.39, 0.29) is 19.6 Å². The summed E-state index contributed by atoms with van der Waals surface area (Å²) in [6.07, 6.45) is 2.70. The zero-order chi connectivity index (χ0) is 29.4. The van der Waals surface area contributed by atoms with Gasteiger partial charge in [0.25, 0.3) is 0 Å². The Kier molecular flexibility index (Phi) is 13.4. The van der Waals surface area contributed by atoms with Gasteiger partial charge in [-0.15, -0.1) is 0 Å². The number of alkyl carbamates (subject to hydrolysis) is 1. The lowest BCUT2D eigenvalue weighted by Crippen LogP contribution is -2.51. The van der Waals surface area contributed by atoms with Gasteiger partial charge in [-0.1, -0.05) is 66.7 Å². The molecule has 0 fully saturated rings. The molecule has 10 heteroatoms. The number of carbonyl (C=O) groups is 4. The van der Waals surface area contributed by atoms with E-state index < -0.39 is 41.6 Å². The number of carbonyl (C=O) groups excluding carboxylic acids is 3. The largest absolute Gasteiger partial charge is 0.478 e. The second-order valence-corrected chi connectivity index (χ2v) is 10.2. The Hall–Kier alpha value is -4.18. The molecule has 2 atom stereocenters. The molecule has 0 heterocycles. The molecule has 0 aromatic heterocycles. The van der Waals surface area contributed by atoms with E-state index >= 15 is 0 Å². The zero-order valence-corrected chi connectivity index (χ0v) is 23.2. The van der Waals surface area contributed by atoms with Gasteiger partial charge in [-0.25, -0.2) is 9.59 Å². The number of benzene rings is 2. The second kappa shape index (κ2) is 16.7. The monoisotopic (exact) mass is 553 g/mol. The molecular weight excluding hydrogens is 514 g/mol. The molecule has 2 amide bonds. The number of nitrogens with one attached hydrogen (secondary N) is 3. The zero-order valence-electron chi connectivity index (χ0n) is 23.2. The maximum absolute atomic E-state index is 13.2. The number of hydrogen-bond acceptors (Lipinski definition) is 7. The lowest BCUT2D eigenvalue weighted by molar-refractivity contribution is -0.143. The number of hydrogen-bond donors (Lipinski definition) is 4. The first-order chi connectivity index (χ1) is 19.0. The van der Waals surface area contributed by atoms with Crippen LogP contribution in [0, 0.1) is 0 Å². The minimum Gasteiger partial charge on any atom is -0.478 e. The van der Waals surface area contributed by atoms with Gasteiger partial charge < -0.3 is 30.5 Å². The predicted octanol–water partition coefficient (Wildman–Crippen LogP) is 3.36. The lowest BCUT2D eigenvalue weighted by atomic mass is 10.0. The number of esters is 1. The summed E-state index contributed by atoms with van der Waals surface area (Å²) in [7, 11) is 0. The number of amides is 2. The molecule has 10 nitrogen and oxygen atoms in total. The van der Waals surface area contributed by atoms with Gasteiger partial charge in [0.1, 0.15) is 18.2 Å².